The van der Waals surface area contributed by atoms with Crippen molar-refractivity contribution < 1.29 is 17.9 Å². The van der Waals surface area contributed by atoms with Crippen LogP contribution in [-0.4, -0.2) is 54.9 Å². The van der Waals surface area contributed by atoms with E-state index in [2.05, 4.69) is 39.3 Å². The second-order valence-electron chi connectivity index (χ2n) is 8.89. The Morgan fingerprint density at radius 1 is 1.00 bits per heavy atom. The van der Waals surface area contributed by atoms with Gasteiger partial charge in [0, 0.05) is 6.42 Å². The van der Waals surface area contributed by atoms with Gasteiger partial charge in [0.1, 0.15) is 11.6 Å². The molecular weight excluding hydrogens is 381 g/mol. The van der Waals surface area contributed by atoms with E-state index in [0.29, 0.717) is 12.7 Å². The monoisotopic (exact) mass is 417 g/mol. The van der Waals surface area contributed by atoms with Crippen molar-refractivity contribution >= 4 is 24.0 Å². The third kappa shape index (κ3) is 8.50. The number of nitrogens with zero attached hydrogens (tertiary/aromatic N) is 1. The molecule has 150 valence electrons. The Morgan fingerprint density at radius 3 is 1.92 bits per heavy atom. The highest BCUT2D eigenvalue weighted by Gasteiger charge is 2.41. The second-order valence-corrected chi connectivity index (χ2v) is 20.6. The van der Waals surface area contributed by atoms with E-state index in [0.717, 1.165) is 11.3 Å². The molecule has 0 bridgehead atoms. The number of hydrogen-bond acceptors (Lipinski definition) is 5. The van der Waals surface area contributed by atoms with Crippen molar-refractivity contribution in [3.05, 3.63) is 29.8 Å². The summed E-state index contributed by atoms with van der Waals surface area (Å²) in [5.74, 6) is 0.378. The summed E-state index contributed by atoms with van der Waals surface area (Å²) < 4.78 is 31.9. The predicted molar refractivity (Wildman–Crippen MR) is 116 cm³/mol. The first-order valence-electron chi connectivity index (χ1n) is 8.99. The van der Waals surface area contributed by atoms with Crippen LogP contribution in [0.1, 0.15) is 5.56 Å². The van der Waals surface area contributed by atoms with Gasteiger partial charge in [-0.1, -0.05) is 12.1 Å². The molecule has 0 aromatic heterocycles. The summed E-state index contributed by atoms with van der Waals surface area (Å²) in [5, 5.41) is 0. The van der Waals surface area contributed by atoms with E-state index in [-0.39, 0.29) is 0 Å². The second kappa shape index (κ2) is 9.17. The Balaban J connectivity index is 3.22. The fourth-order valence-electron chi connectivity index (χ4n) is 2.67. The lowest BCUT2D eigenvalue weighted by molar-refractivity contribution is 0.242. The molecule has 0 aliphatic heterocycles. The van der Waals surface area contributed by atoms with Crippen molar-refractivity contribution in [2.75, 3.05) is 27.5 Å². The molecule has 0 amide bonds. The van der Waals surface area contributed by atoms with E-state index in [4.69, 9.17) is 13.4 Å². The summed E-state index contributed by atoms with van der Waals surface area (Å²) in [7, 11) is -1.42. The van der Waals surface area contributed by atoms with Crippen molar-refractivity contribution in [3.63, 3.8) is 0 Å². The molecule has 0 saturated carbocycles. The van der Waals surface area contributed by atoms with Gasteiger partial charge in [-0.05, 0) is 71.1 Å². The quantitative estimate of drug-likeness (QED) is 0.393. The fourth-order valence-corrected chi connectivity index (χ4v) is 11.0. The van der Waals surface area contributed by atoms with Crippen molar-refractivity contribution in [3.8, 4) is 5.75 Å². The van der Waals surface area contributed by atoms with Gasteiger partial charge in [0.15, 0.2) is 16.6 Å². The molecule has 0 heterocycles. The van der Waals surface area contributed by atoms with Gasteiger partial charge in [0.05, 0.1) is 13.4 Å². The molecule has 2 unspecified atom stereocenters. The molecule has 5 nitrogen and oxygen atoms in total. The first-order chi connectivity index (χ1) is 11.7. The van der Waals surface area contributed by atoms with Gasteiger partial charge in [-0.3, -0.25) is 4.57 Å². The van der Waals surface area contributed by atoms with Crippen LogP contribution < -0.4 is 4.74 Å². The zero-order valence-corrected chi connectivity index (χ0v) is 20.7. The minimum Gasteiger partial charge on any atom is -0.497 e. The molecule has 0 N–H and O–H groups in total. The third-order valence-corrected chi connectivity index (χ3v) is 10.1. The van der Waals surface area contributed by atoms with Gasteiger partial charge in [-0.15, -0.1) is 0 Å². The molecule has 26 heavy (non-hydrogen) atoms. The maximum Gasteiger partial charge on any atom is 0.234 e. The zero-order valence-electron chi connectivity index (χ0n) is 17.8. The average Bonchev–Trinajstić information content (AvgIpc) is 2.43. The Labute approximate surface area is 161 Å². The first-order valence-corrected chi connectivity index (χ1v) is 17.7. The number of benzene rings is 1. The Bertz CT molecular complexity index is 609. The fraction of sp³-hybridized carbons (Fsp3) is 0.667. The highest BCUT2D eigenvalue weighted by atomic mass is 31.2. The number of hydrogen-bond donors (Lipinski definition) is 0. The maximum atomic E-state index is 14.0. The minimum atomic E-state index is -3.02. The summed E-state index contributed by atoms with van der Waals surface area (Å²) >= 11 is 0. The highest BCUT2D eigenvalue weighted by molar-refractivity contribution is 7.61. The minimum absolute atomic E-state index is 0.391. The molecule has 1 rings (SSSR count). The largest absolute Gasteiger partial charge is 0.497 e. The van der Waals surface area contributed by atoms with Gasteiger partial charge in [0.25, 0.3) is 0 Å². The Hall–Kier alpha value is -0.436. The van der Waals surface area contributed by atoms with Crippen molar-refractivity contribution in [1.29, 1.82) is 0 Å². The standard InChI is InChI=1S/C18H36NO4PSi2/c1-19(2)15-24(20,23-26(7,8)9)18(22-25(4,5)6)14-16-10-12-17(21-3)13-11-16/h10-13,18H,14-15H2,1-9H3. The molecule has 0 spiro atoms. The van der Waals surface area contributed by atoms with Gasteiger partial charge < -0.3 is 18.3 Å². The molecule has 0 saturated heterocycles. The SMILES string of the molecule is COc1ccc(CC(O[Si](C)(C)C)P(=O)(CN(C)C)O[Si](C)(C)C)cc1. The Morgan fingerprint density at radius 2 is 1.54 bits per heavy atom. The van der Waals surface area contributed by atoms with Crippen LogP contribution >= 0.6 is 7.37 Å². The summed E-state index contributed by atoms with van der Waals surface area (Å²) in [6.07, 6.45) is 0.965. The topological polar surface area (TPSA) is 48.0 Å². The molecule has 8 heteroatoms. The molecule has 0 fully saturated rings. The van der Waals surface area contributed by atoms with E-state index in [9.17, 15) is 4.57 Å². The number of rotatable bonds is 10. The molecule has 0 aliphatic carbocycles. The van der Waals surface area contributed by atoms with E-state index in [1.165, 1.54) is 0 Å². The van der Waals surface area contributed by atoms with Gasteiger partial charge in [0.2, 0.25) is 7.37 Å². The maximum absolute atomic E-state index is 14.0. The summed E-state index contributed by atoms with van der Waals surface area (Å²) in [6.45, 7) is 12.6. The van der Waals surface area contributed by atoms with E-state index >= 15 is 0 Å². The highest BCUT2D eigenvalue weighted by Crippen LogP contribution is 2.56. The van der Waals surface area contributed by atoms with Crippen molar-refractivity contribution in [2.45, 2.75) is 51.5 Å². The van der Waals surface area contributed by atoms with Crippen LogP contribution in [0.15, 0.2) is 24.3 Å². The molecule has 1 aromatic rings. The zero-order chi connectivity index (χ0) is 20.2. The Kier molecular flexibility index (Phi) is 8.33. The van der Waals surface area contributed by atoms with Crippen LogP contribution in [0, 0.1) is 0 Å². The van der Waals surface area contributed by atoms with Crippen LogP contribution in [-0.2, 0) is 19.6 Å². The summed E-state index contributed by atoms with van der Waals surface area (Å²) in [5.41, 5.74) is 1.08. The van der Waals surface area contributed by atoms with E-state index in [1.54, 1.807) is 7.11 Å². The van der Waals surface area contributed by atoms with E-state index in [1.807, 2.05) is 43.3 Å². The number of methoxy groups -OCH3 is 1. The van der Waals surface area contributed by atoms with Crippen LogP contribution in [0.5, 0.6) is 5.75 Å². The lowest BCUT2D eigenvalue weighted by Gasteiger charge is -2.37. The molecule has 0 radical (unpaired) electrons. The smallest absolute Gasteiger partial charge is 0.234 e. The first kappa shape index (κ1) is 23.6. The van der Waals surface area contributed by atoms with Crippen molar-refractivity contribution in [1.82, 2.24) is 4.90 Å². The third-order valence-electron chi connectivity index (χ3n) is 3.41. The molecule has 1 aromatic carbocycles. The van der Waals surface area contributed by atoms with Crippen LogP contribution in [0.2, 0.25) is 39.3 Å². The van der Waals surface area contributed by atoms with E-state index < -0.39 is 29.8 Å². The van der Waals surface area contributed by atoms with Crippen molar-refractivity contribution in [2.24, 2.45) is 0 Å². The lowest BCUT2D eigenvalue weighted by Crippen LogP contribution is -2.38. The molecule has 2 atom stereocenters. The normalized spacial score (nSPS) is 16.4. The lowest BCUT2D eigenvalue weighted by atomic mass is 10.1. The molecular formula is C18H36NO4PSi2. The van der Waals surface area contributed by atoms with Crippen LogP contribution in [0.4, 0.5) is 0 Å². The van der Waals surface area contributed by atoms with Gasteiger partial charge in [-0.2, -0.15) is 0 Å². The summed E-state index contributed by atoms with van der Waals surface area (Å²) in [4.78, 5) is 1.94. The van der Waals surface area contributed by atoms with Crippen LogP contribution in [0.25, 0.3) is 0 Å². The van der Waals surface area contributed by atoms with Crippen LogP contribution in [0.3, 0.4) is 0 Å². The summed E-state index contributed by atoms with van der Waals surface area (Å²) in [6, 6.07) is 7.87. The molecule has 0 aliphatic rings. The van der Waals surface area contributed by atoms with Gasteiger partial charge in [-0.25, -0.2) is 0 Å². The average molecular weight is 418 g/mol. The number of ether oxygens (including phenoxy) is 1. The predicted octanol–water partition coefficient (Wildman–Crippen LogP) is 5.06. The van der Waals surface area contributed by atoms with Gasteiger partial charge >= 0.3 is 0 Å².